The predicted octanol–water partition coefficient (Wildman–Crippen LogP) is 2.13. The number of hydrogen-bond donors (Lipinski definition) is 2. The van der Waals surface area contributed by atoms with E-state index in [1.807, 2.05) is 6.07 Å². The highest BCUT2D eigenvalue weighted by Gasteiger charge is 2.22. The van der Waals surface area contributed by atoms with Crippen LogP contribution in [0, 0.1) is 0 Å². The van der Waals surface area contributed by atoms with Gasteiger partial charge in [-0.2, -0.15) is 0 Å². The minimum absolute atomic E-state index is 0.123. The maximum atomic E-state index is 11.9. The summed E-state index contributed by atoms with van der Waals surface area (Å²) < 4.78 is 15.7. The highest BCUT2D eigenvalue weighted by Crippen LogP contribution is 2.32. The maximum Gasteiger partial charge on any atom is 0.244 e. The molecular formula is C18H19NO5. The molecule has 0 unspecified atom stereocenters. The van der Waals surface area contributed by atoms with Crippen molar-refractivity contribution in [2.45, 2.75) is 18.9 Å². The lowest BCUT2D eigenvalue weighted by molar-refractivity contribution is -0.117. The number of amides is 1. The molecule has 1 aliphatic rings. The molecule has 126 valence electrons. The van der Waals surface area contributed by atoms with Gasteiger partial charge < -0.3 is 24.3 Å². The molecule has 6 heteroatoms. The first-order valence-corrected chi connectivity index (χ1v) is 7.62. The summed E-state index contributed by atoms with van der Waals surface area (Å²) in [4.78, 5) is 11.9. The molecule has 2 N–H and O–H groups in total. The topological polar surface area (TPSA) is 80.9 Å². The van der Waals surface area contributed by atoms with Crippen LogP contribution in [0.5, 0.6) is 11.5 Å². The van der Waals surface area contributed by atoms with E-state index in [9.17, 15) is 9.90 Å². The van der Waals surface area contributed by atoms with Crippen LogP contribution in [0.4, 0.5) is 0 Å². The van der Waals surface area contributed by atoms with Gasteiger partial charge in [-0.15, -0.1) is 0 Å². The van der Waals surface area contributed by atoms with Gasteiger partial charge in [0.05, 0.1) is 11.9 Å². The maximum absolute atomic E-state index is 11.9. The van der Waals surface area contributed by atoms with Crippen LogP contribution in [0.15, 0.2) is 47.1 Å². The van der Waals surface area contributed by atoms with Gasteiger partial charge >= 0.3 is 0 Å². The molecule has 0 bridgehead atoms. The van der Waals surface area contributed by atoms with Crippen LogP contribution in [0.3, 0.4) is 0 Å². The largest absolute Gasteiger partial charge is 0.469 e. The zero-order chi connectivity index (χ0) is 17.0. The number of carbonyl (C=O) groups is 1. The molecule has 1 aliphatic heterocycles. The fourth-order valence-corrected chi connectivity index (χ4v) is 2.38. The van der Waals surface area contributed by atoms with Crippen molar-refractivity contribution in [3.05, 3.63) is 54.0 Å². The number of hydrogen-bond acceptors (Lipinski definition) is 5. The van der Waals surface area contributed by atoms with Crippen molar-refractivity contribution < 1.29 is 23.8 Å². The SMILES string of the molecule is C[C@](O)(CNC(=O)/C=C/c1ccc2c(c1)OCO2)Cc1ccco1. The first-order chi connectivity index (χ1) is 11.5. The van der Waals surface area contributed by atoms with Gasteiger partial charge in [0, 0.05) is 19.0 Å². The van der Waals surface area contributed by atoms with Crippen LogP contribution in [-0.4, -0.2) is 30.0 Å². The predicted molar refractivity (Wildman–Crippen MR) is 87.6 cm³/mol. The van der Waals surface area contributed by atoms with E-state index in [4.69, 9.17) is 13.9 Å². The first kappa shape index (κ1) is 16.1. The molecule has 1 amide bonds. The summed E-state index contributed by atoms with van der Waals surface area (Å²) in [5.74, 6) is 1.75. The summed E-state index contributed by atoms with van der Waals surface area (Å²) in [6, 6.07) is 8.99. The van der Waals surface area contributed by atoms with E-state index in [1.54, 1.807) is 43.5 Å². The van der Waals surface area contributed by atoms with Gasteiger partial charge in [-0.1, -0.05) is 6.07 Å². The minimum atomic E-state index is -1.08. The van der Waals surface area contributed by atoms with Crippen molar-refractivity contribution in [2.75, 3.05) is 13.3 Å². The first-order valence-electron chi connectivity index (χ1n) is 7.62. The molecule has 0 spiro atoms. The second-order valence-corrected chi connectivity index (χ2v) is 5.92. The molecular weight excluding hydrogens is 310 g/mol. The molecule has 6 nitrogen and oxygen atoms in total. The monoisotopic (exact) mass is 329 g/mol. The molecule has 0 fully saturated rings. The van der Waals surface area contributed by atoms with Crippen LogP contribution >= 0.6 is 0 Å². The van der Waals surface area contributed by atoms with E-state index in [1.165, 1.54) is 6.08 Å². The second kappa shape index (κ2) is 6.80. The number of carbonyl (C=O) groups excluding carboxylic acids is 1. The Morgan fingerprint density at radius 2 is 2.17 bits per heavy atom. The minimum Gasteiger partial charge on any atom is -0.469 e. The van der Waals surface area contributed by atoms with Crippen molar-refractivity contribution in [2.24, 2.45) is 0 Å². The van der Waals surface area contributed by atoms with E-state index < -0.39 is 5.60 Å². The van der Waals surface area contributed by atoms with Gasteiger partial charge in [-0.05, 0) is 42.8 Å². The van der Waals surface area contributed by atoms with Crippen LogP contribution in [-0.2, 0) is 11.2 Å². The Kier molecular flexibility index (Phi) is 4.57. The third-order valence-corrected chi connectivity index (χ3v) is 3.60. The Bertz CT molecular complexity index is 734. The Balaban J connectivity index is 1.51. The molecule has 24 heavy (non-hydrogen) atoms. The lowest BCUT2D eigenvalue weighted by Crippen LogP contribution is -2.41. The Morgan fingerprint density at radius 3 is 2.96 bits per heavy atom. The molecule has 0 aliphatic carbocycles. The molecule has 3 rings (SSSR count). The van der Waals surface area contributed by atoms with Crippen molar-refractivity contribution in [3.63, 3.8) is 0 Å². The number of nitrogens with one attached hydrogen (secondary N) is 1. The zero-order valence-corrected chi connectivity index (χ0v) is 13.3. The Hall–Kier alpha value is -2.73. The molecule has 2 heterocycles. The van der Waals surface area contributed by atoms with Gasteiger partial charge in [0.1, 0.15) is 5.76 Å². The number of aliphatic hydroxyl groups is 1. The van der Waals surface area contributed by atoms with Crippen LogP contribution in [0.2, 0.25) is 0 Å². The number of fused-ring (bicyclic) bond motifs is 1. The van der Waals surface area contributed by atoms with Gasteiger partial charge in [0.15, 0.2) is 11.5 Å². The summed E-state index contributed by atoms with van der Waals surface area (Å²) in [7, 11) is 0. The summed E-state index contributed by atoms with van der Waals surface area (Å²) >= 11 is 0. The highest BCUT2D eigenvalue weighted by molar-refractivity contribution is 5.91. The van der Waals surface area contributed by atoms with E-state index in [0.29, 0.717) is 23.7 Å². The third kappa shape index (κ3) is 4.17. The molecule has 0 saturated heterocycles. The Morgan fingerprint density at radius 1 is 1.33 bits per heavy atom. The van der Waals surface area contributed by atoms with Crippen molar-refractivity contribution in [3.8, 4) is 11.5 Å². The number of benzene rings is 1. The fraction of sp³-hybridized carbons (Fsp3) is 0.278. The molecule has 1 aromatic heterocycles. The molecule has 2 aromatic rings. The summed E-state index contributed by atoms with van der Waals surface area (Å²) in [6.07, 6.45) is 4.98. The van der Waals surface area contributed by atoms with Crippen molar-refractivity contribution >= 4 is 12.0 Å². The molecule has 1 atom stereocenters. The second-order valence-electron chi connectivity index (χ2n) is 5.92. The van der Waals surface area contributed by atoms with Gasteiger partial charge in [-0.3, -0.25) is 4.79 Å². The van der Waals surface area contributed by atoms with Gasteiger partial charge in [0.25, 0.3) is 0 Å². The van der Waals surface area contributed by atoms with E-state index in [2.05, 4.69) is 5.32 Å². The van der Waals surface area contributed by atoms with E-state index in [0.717, 1.165) is 5.56 Å². The third-order valence-electron chi connectivity index (χ3n) is 3.60. The molecule has 0 radical (unpaired) electrons. The van der Waals surface area contributed by atoms with Gasteiger partial charge in [-0.25, -0.2) is 0 Å². The number of rotatable bonds is 6. The standard InChI is InChI=1S/C18H19NO5/c1-18(21,10-14-3-2-8-22-14)11-19-17(20)7-5-13-4-6-15-16(9-13)24-12-23-15/h2-9,21H,10-12H2,1H3,(H,19,20)/b7-5+/t18-/m1/s1. The zero-order valence-electron chi connectivity index (χ0n) is 13.3. The Labute approximate surface area is 139 Å². The van der Waals surface area contributed by atoms with E-state index >= 15 is 0 Å². The van der Waals surface area contributed by atoms with E-state index in [-0.39, 0.29) is 19.2 Å². The number of ether oxygens (including phenoxy) is 2. The highest BCUT2D eigenvalue weighted by atomic mass is 16.7. The summed E-state index contributed by atoms with van der Waals surface area (Å²) in [6.45, 7) is 1.99. The van der Waals surface area contributed by atoms with Crippen LogP contribution in [0.25, 0.3) is 6.08 Å². The number of furan rings is 1. The quantitative estimate of drug-likeness (QED) is 0.794. The van der Waals surface area contributed by atoms with Crippen molar-refractivity contribution in [1.82, 2.24) is 5.32 Å². The van der Waals surface area contributed by atoms with Crippen molar-refractivity contribution in [1.29, 1.82) is 0 Å². The lowest BCUT2D eigenvalue weighted by atomic mass is 10.0. The average Bonchev–Trinajstić information content (AvgIpc) is 3.21. The van der Waals surface area contributed by atoms with Crippen LogP contribution in [0.1, 0.15) is 18.2 Å². The van der Waals surface area contributed by atoms with Gasteiger partial charge in [0.2, 0.25) is 12.7 Å². The smallest absolute Gasteiger partial charge is 0.244 e. The summed E-state index contributed by atoms with van der Waals surface area (Å²) in [5, 5.41) is 13.0. The fourth-order valence-electron chi connectivity index (χ4n) is 2.38. The lowest BCUT2D eigenvalue weighted by Gasteiger charge is -2.22. The summed E-state index contributed by atoms with van der Waals surface area (Å²) in [5.41, 5.74) is -0.253. The molecule has 0 saturated carbocycles. The van der Waals surface area contributed by atoms with Crippen LogP contribution < -0.4 is 14.8 Å². The average molecular weight is 329 g/mol. The molecule has 1 aromatic carbocycles. The normalized spacial score (nSPS) is 15.4.